The summed E-state index contributed by atoms with van der Waals surface area (Å²) in [5.74, 6) is 0.195. The summed E-state index contributed by atoms with van der Waals surface area (Å²) in [5, 5.41) is 11.4. The molecule has 0 aliphatic heterocycles. The van der Waals surface area contributed by atoms with Crippen molar-refractivity contribution in [1.82, 2.24) is 0 Å². The van der Waals surface area contributed by atoms with Gasteiger partial charge in [0.1, 0.15) is 0 Å². The van der Waals surface area contributed by atoms with Gasteiger partial charge in [-0.25, -0.2) is 0 Å². The molecule has 0 aliphatic carbocycles. The number of nitriles is 1. The van der Waals surface area contributed by atoms with E-state index in [2.05, 4.69) is 5.32 Å². The Labute approximate surface area is 101 Å². The smallest absolute Gasteiger partial charge is 0.241 e. The van der Waals surface area contributed by atoms with Crippen molar-refractivity contribution in [3.05, 3.63) is 29.8 Å². The first kappa shape index (κ1) is 13.2. The Morgan fingerprint density at radius 2 is 2.00 bits per heavy atom. The summed E-state index contributed by atoms with van der Waals surface area (Å²) in [6.45, 7) is 4.05. The molecule has 0 bridgehead atoms. The molecule has 0 aliphatic rings. The Morgan fingerprint density at radius 3 is 2.47 bits per heavy atom. The Bertz CT molecular complexity index is 417. The Morgan fingerprint density at radius 1 is 1.41 bits per heavy atom. The number of carbonyl (C=O) groups is 1. The molecule has 3 N–H and O–H groups in total. The van der Waals surface area contributed by atoms with Gasteiger partial charge >= 0.3 is 0 Å². The van der Waals surface area contributed by atoms with Gasteiger partial charge < -0.3 is 11.1 Å². The third-order valence-electron chi connectivity index (χ3n) is 2.34. The first-order valence-electron chi connectivity index (χ1n) is 5.59. The van der Waals surface area contributed by atoms with Gasteiger partial charge in [-0.15, -0.1) is 0 Å². The summed E-state index contributed by atoms with van der Waals surface area (Å²) in [6, 6.07) is 8.22. The minimum absolute atomic E-state index is 0.191. The Kier molecular flexibility index (Phi) is 4.68. The summed E-state index contributed by atoms with van der Waals surface area (Å²) >= 11 is 0. The number of rotatable bonds is 4. The first-order chi connectivity index (χ1) is 8.02. The largest absolute Gasteiger partial charge is 0.325 e. The second kappa shape index (κ2) is 6.02. The van der Waals surface area contributed by atoms with Crippen molar-refractivity contribution in [2.24, 2.45) is 11.7 Å². The van der Waals surface area contributed by atoms with Crippen LogP contribution in [-0.4, -0.2) is 11.9 Å². The van der Waals surface area contributed by atoms with E-state index < -0.39 is 6.04 Å². The summed E-state index contributed by atoms with van der Waals surface area (Å²) in [6.07, 6.45) is 0.655. The van der Waals surface area contributed by atoms with Crippen molar-refractivity contribution >= 4 is 11.6 Å². The van der Waals surface area contributed by atoms with E-state index >= 15 is 0 Å². The summed E-state index contributed by atoms with van der Waals surface area (Å²) < 4.78 is 0. The van der Waals surface area contributed by atoms with Crippen LogP contribution in [-0.2, 0) is 4.79 Å². The van der Waals surface area contributed by atoms with Gasteiger partial charge in [0, 0.05) is 5.69 Å². The molecule has 1 aromatic carbocycles. The number of amides is 1. The molecule has 0 aromatic heterocycles. The summed E-state index contributed by atoms with van der Waals surface area (Å²) in [4.78, 5) is 11.7. The minimum atomic E-state index is -0.495. The molecule has 1 aromatic rings. The predicted octanol–water partition coefficient (Wildman–Crippen LogP) is 1.87. The highest BCUT2D eigenvalue weighted by molar-refractivity contribution is 5.94. The maximum atomic E-state index is 11.7. The van der Waals surface area contributed by atoms with Gasteiger partial charge in [0.15, 0.2) is 0 Å². The van der Waals surface area contributed by atoms with Crippen LogP contribution in [0, 0.1) is 17.2 Å². The molecule has 0 heterocycles. The van der Waals surface area contributed by atoms with Crippen molar-refractivity contribution in [2.45, 2.75) is 26.3 Å². The first-order valence-corrected chi connectivity index (χ1v) is 5.59. The van der Waals surface area contributed by atoms with Crippen LogP contribution in [0.25, 0.3) is 0 Å². The zero-order valence-electron chi connectivity index (χ0n) is 10.1. The van der Waals surface area contributed by atoms with Crippen LogP contribution in [0.1, 0.15) is 25.8 Å². The average Bonchev–Trinajstić information content (AvgIpc) is 2.29. The highest BCUT2D eigenvalue weighted by Crippen LogP contribution is 2.10. The van der Waals surface area contributed by atoms with Crippen LogP contribution in [0.5, 0.6) is 0 Å². The van der Waals surface area contributed by atoms with Gasteiger partial charge in [-0.05, 0) is 36.6 Å². The van der Waals surface area contributed by atoms with Crippen molar-refractivity contribution in [2.75, 3.05) is 5.32 Å². The lowest BCUT2D eigenvalue weighted by molar-refractivity contribution is -0.117. The topological polar surface area (TPSA) is 78.9 Å². The van der Waals surface area contributed by atoms with Crippen molar-refractivity contribution < 1.29 is 4.79 Å². The fourth-order valence-electron chi connectivity index (χ4n) is 1.48. The normalized spacial score (nSPS) is 11.9. The van der Waals surface area contributed by atoms with E-state index in [9.17, 15) is 4.79 Å². The zero-order valence-corrected chi connectivity index (χ0v) is 10.1. The molecular weight excluding hydrogens is 214 g/mol. The lowest BCUT2D eigenvalue weighted by atomic mass is 10.0. The maximum absolute atomic E-state index is 11.7. The van der Waals surface area contributed by atoms with Gasteiger partial charge in [-0.3, -0.25) is 4.79 Å². The van der Waals surface area contributed by atoms with E-state index in [0.29, 0.717) is 23.6 Å². The summed E-state index contributed by atoms with van der Waals surface area (Å²) in [7, 11) is 0. The Hall–Kier alpha value is -1.86. The lowest BCUT2D eigenvalue weighted by Crippen LogP contribution is -2.36. The highest BCUT2D eigenvalue weighted by atomic mass is 16.2. The van der Waals surface area contributed by atoms with Crippen LogP contribution in [0.3, 0.4) is 0 Å². The molecule has 0 spiro atoms. The zero-order chi connectivity index (χ0) is 12.8. The Balaban J connectivity index is 2.59. The number of hydrogen-bond donors (Lipinski definition) is 2. The number of anilines is 1. The van der Waals surface area contributed by atoms with E-state index in [1.54, 1.807) is 24.3 Å². The number of benzene rings is 1. The molecule has 1 rings (SSSR count). The second-order valence-electron chi connectivity index (χ2n) is 4.41. The van der Waals surface area contributed by atoms with E-state index in [0.717, 1.165) is 0 Å². The fraction of sp³-hybridized carbons (Fsp3) is 0.385. The van der Waals surface area contributed by atoms with E-state index in [-0.39, 0.29) is 5.91 Å². The van der Waals surface area contributed by atoms with Crippen LogP contribution >= 0.6 is 0 Å². The number of nitrogens with zero attached hydrogens (tertiary/aromatic N) is 1. The average molecular weight is 231 g/mol. The van der Waals surface area contributed by atoms with Gasteiger partial charge in [0.05, 0.1) is 17.7 Å². The molecule has 0 unspecified atom stereocenters. The van der Waals surface area contributed by atoms with Crippen LogP contribution in [0.2, 0.25) is 0 Å². The van der Waals surface area contributed by atoms with E-state index in [4.69, 9.17) is 11.0 Å². The quantitative estimate of drug-likeness (QED) is 0.830. The monoisotopic (exact) mass is 231 g/mol. The second-order valence-corrected chi connectivity index (χ2v) is 4.41. The van der Waals surface area contributed by atoms with Crippen LogP contribution < -0.4 is 11.1 Å². The molecule has 0 saturated heterocycles. The molecule has 0 radical (unpaired) electrons. The molecule has 0 fully saturated rings. The van der Waals surface area contributed by atoms with Gasteiger partial charge in [0.25, 0.3) is 0 Å². The SMILES string of the molecule is CC(C)C[C@@H](N)C(=O)Nc1ccc(C#N)cc1. The third-order valence-corrected chi connectivity index (χ3v) is 2.34. The summed E-state index contributed by atoms with van der Waals surface area (Å²) in [5.41, 5.74) is 6.98. The standard InChI is InChI=1S/C13H17N3O/c1-9(2)7-12(15)13(17)16-11-5-3-10(8-14)4-6-11/h3-6,9,12H,7,15H2,1-2H3,(H,16,17)/t12-/m1/s1. The van der Waals surface area contributed by atoms with Crippen LogP contribution in [0.15, 0.2) is 24.3 Å². The molecule has 1 atom stereocenters. The number of nitrogens with two attached hydrogens (primary N) is 1. The van der Waals surface area contributed by atoms with Crippen molar-refractivity contribution in [3.63, 3.8) is 0 Å². The molecule has 90 valence electrons. The third kappa shape index (κ3) is 4.25. The molecule has 4 heteroatoms. The van der Waals surface area contributed by atoms with Crippen molar-refractivity contribution in [3.8, 4) is 6.07 Å². The minimum Gasteiger partial charge on any atom is -0.325 e. The van der Waals surface area contributed by atoms with E-state index in [1.807, 2.05) is 19.9 Å². The van der Waals surface area contributed by atoms with Gasteiger partial charge in [-0.1, -0.05) is 13.8 Å². The highest BCUT2D eigenvalue weighted by Gasteiger charge is 2.14. The molecule has 4 nitrogen and oxygen atoms in total. The fourth-order valence-corrected chi connectivity index (χ4v) is 1.48. The number of hydrogen-bond acceptors (Lipinski definition) is 3. The van der Waals surface area contributed by atoms with Crippen molar-refractivity contribution in [1.29, 1.82) is 5.26 Å². The molecule has 17 heavy (non-hydrogen) atoms. The van der Waals surface area contributed by atoms with E-state index in [1.165, 1.54) is 0 Å². The lowest BCUT2D eigenvalue weighted by Gasteiger charge is -2.14. The maximum Gasteiger partial charge on any atom is 0.241 e. The number of carbonyl (C=O) groups excluding carboxylic acids is 1. The molecule has 1 amide bonds. The van der Waals surface area contributed by atoms with Crippen LogP contribution in [0.4, 0.5) is 5.69 Å². The molecule has 0 saturated carbocycles. The number of nitrogens with one attached hydrogen (secondary N) is 1. The van der Waals surface area contributed by atoms with Gasteiger partial charge in [0.2, 0.25) is 5.91 Å². The predicted molar refractivity (Wildman–Crippen MR) is 67.2 cm³/mol. The van der Waals surface area contributed by atoms with Gasteiger partial charge in [-0.2, -0.15) is 5.26 Å². The molecular formula is C13H17N3O.